The third-order valence-corrected chi connectivity index (χ3v) is 2.60. The molecule has 0 bridgehead atoms. The Morgan fingerprint density at radius 2 is 1.71 bits per heavy atom. The van der Waals surface area contributed by atoms with Gasteiger partial charge in [-0.15, -0.1) is 24.8 Å². The van der Waals surface area contributed by atoms with Crippen LogP contribution in [0.3, 0.4) is 0 Å². The lowest BCUT2D eigenvalue weighted by Gasteiger charge is -2.10. The number of hydrogen-bond acceptors (Lipinski definition) is 3. The maximum Gasteiger partial charge on any atom is 0.573 e. The highest BCUT2D eigenvalue weighted by molar-refractivity contribution is 6.17. The summed E-state index contributed by atoms with van der Waals surface area (Å²) in [4.78, 5) is 3.73. The van der Waals surface area contributed by atoms with E-state index in [9.17, 15) is 17.6 Å². The fraction of sp³-hybridized carbons (Fsp3) is 0.154. The molecule has 2 rings (SSSR count). The molecule has 1 heterocycles. The van der Waals surface area contributed by atoms with Gasteiger partial charge in [-0.2, -0.15) is 0 Å². The van der Waals surface area contributed by atoms with E-state index in [2.05, 4.69) is 9.72 Å². The number of halogens is 5. The predicted molar refractivity (Wildman–Crippen MR) is 67.0 cm³/mol. The number of nitrogens with zero attached hydrogens (tertiary/aromatic N) is 1. The van der Waals surface area contributed by atoms with Crippen LogP contribution in [-0.2, 0) is 5.88 Å². The highest BCUT2D eigenvalue weighted by Crippen LogP contribution is 2.28. The molecular formula is C13H8ClF4NO2. The highest BCUT2D eigenvalue weighted by atomic mass is 35.5. The maximum atomic E-state index is 13.0. The van der Waals surface area contributed by atoms with Gasteiger partial charge in [-0.3, -0.25) is 0 Å². The van der Waals surface area contributed by atoms with Crippen molar-refractivity contribution in [2.45, 2.75) is 12.2 Å². The Hall–Kier alpha value is -2.02. The molecule has 0 aliphatic heterocycles. The molecule has 1 aromatic heterocycles. The second-order valence-corrected chi connectivity index (χ2v) is 4.14. The molecule has 0 amide bonds. The average Bonchev–Trinajstić information content (AvgIpc) is 2.41. The smallest absolute Gasteiger partial charge is 0.439 e. The van der Waals surface area contributed by atoms with Crippen molar-refractivity contribution < 1.29 is 27.0 Å². The minimum absolute atomic E-state index is 0.0185. The van der Waals surface area contributed by atoms with E-state index in [-0.39, 0.29) is 23.3 Å². The van der Waals surface area contributed by atoms with Crippen LogP contribution in [0.2, 0.25) is 0 Å². The summed E-state index contributed by atoms with van der Waals surface area (Å²) >= 11 is 5.64. The van der Waals surface area contributed by atoms with Crippen molar-refractivity contribution in [3.8, 4) is 17.4 Å². The SMILES string of the molecule is Fc1cnc(Oc2ccc(OC(F)(F)F)cc2)c(CCl)c1. The molecule has 0 unspecified atom stereocenters. The van der Waals surface area contributed by atoms with Crippen LogP contribution in [0.1, 0.15) is 5.56 Å². The first kappa shape index (κ1) is 15.4. The normalized spacial score (nSPS) is 11.3. The second-order valence-electron chi connectivity index (χ2n) is 3.87. The van der Waals surface area contributed by atoms with Crippen LogP contribution in [0.4, 0.5) is 17.6 Å². The van der Waals surface area contributed by atoms with Crippen molar-refractivity contribution >= 4 is 11.6 Å². The third-order valence-electron chi connectivity index (χ3n) is 2.31. The second kappa shape index (κ2) is 6.17. The van der Waals surface area contributed by atoms with Gasteiger partial charge in [-0.25, -0.2) is 9.37 Å². The van der Waals surface area contributed by atoms with Crippen molar-refractivity contribution in [2.24, 2.45) is 0 Å². The minimum atomic E-state index is -4.76. The van der Waals surface area contributed by atoms with Gasteiger partial charge in [0, 0.05) is 5.56 Å². The van der Waals surface area contributed by atoms with Crippen LogP contribution in [0.15, 0.2) is 36.5 Å². The topological polar surface area (TPSA) is 31.4 Å². The molecule has 0 saturated carbocycles. The summed E-state index contributed by atoms with van der Waals surface area (Å²) in [6, 6.07) is 5.88. The van der Waals surface area contributed by atoms with Crippen LogP contribution in [0.25, 0.3) is 0 Å². The lowest BCUT2D eigenvalue weighted by molar-refractivity contribution is -0.274. The molecule has 0 fully saturated rings. The number of rotatable bonds is 4. The number of pyridine rings is 1. The number of hydrogen-bond donors (Lipinski definition) is 0. The van der Waals surface area contributed by atoms with E-state index in [0.717, 1.165) is 24.4 Å². The Kier molecular flexibility index (Phi) is 4.52. The van der Waals surface area contributed by atoms with Gasteiger partial charge in [-0.1, -0.05) is 0 Å². The summed E-state index contributed by atoms with van der Waals surface area (Å²) in [5, 5.41) is 0. The van der Waals surface area contributed by atoms with Gasteiger partial charge in [0.15, 0.2) is 0 Å². The third kappa shape index (κ3) is 4.49. The van der Waals surface area contributed by atoms with Crippen molar-refractivity contribution in [1.82, 2.24) is 4.98 Å². The molecule has 0 aliphatic rings. The molecule has 0 saturated heterocycles. The van der Waals surface area contributed by atoms with E-state index in [0.29, 0.717) is 5.56 Å². The van der Waals surface area contributed by atoms with E-state index < -0.39 is 12.2 Å². The Labute approximate surface area is 122 Å². The standard InChI is InChI=1S/C13H8ClF4NO2/c14-6-8-5-9(15)7-19-12(8)20-10-1-3-11(4-2-10)21-13(16,17)18/h1-5,7H,6H2. The molecule has 3 nitrogen and oxygen atoms in total. The van der Waals surface area contributed by atoms with E-state index in [1.165, 1.54) is 12.1 Å². The Morgan fingerprint density at radius 1 is 1.10 bits per heavy atom. The molecule has 8 heteroatoms. The number of aromatic nitrogens is 1. The van der Waals surface area contributed by atoms with Crippen molar-refractivity contribution in [2.75, 3.05) is 0 Å². The summed E-state index contributed by atoms with van der Waals surface area (Å²) in [5.74, 6) is -0.660. The van der Waals surface area contributed by atoms with Crippen LogP contribution in [-0.4, -0.2) is 11.3 Å². The summed E-state index contributed by atoms with van der Waals surface area (Å²) in [5.41, 5.74) is 0.326. The molecular weight excluding hydrogens is 314 g/mol. The summed E-state index contributed by atoms with van der Waals surface area (Å²) in [6.07, 6.45) is -3.81. The van der Waals surface area contributed by atoms with Crippen molar-refractivity contribution in [3.63, 3.8) is 0 Å². The summed E-state index contributed by atoms with van der Waals surface area (Å²) < 4.78 is 58.1. The average molecular weight is 322 g/mol. The predicted octanol–water partition coefficient (Wildman–Crippen LogP) is 4.65. The van der Waals surface area contributed by atoms with Crippen molar-refractivity contribution in [1.29, 1.82) is 0 Å². The Bertz CT molecular complexity index is 617. The first-order valence-electron chi connectivity index (χ1n) is 5.61. The largest absolute Gasteiger partial charge is 0.573 e. The molecule has 0 atom stereocenters. The fourth-order valence-electron chi connectivity index (χ4n) is 1.48. The number of ether oxygens (including phenoxy) is 2. The molecule has 21 heavy (non-hydrogen) atoms. The van der Waals surface area contributed by atoms with Gasteiger partial charge >= 0.3 is 6.36 Å². The Morgan fingerprint density at radius 3 is 2.29 bits per heavy atom. The lowest BCUT2D eigenvalue weighted by atomic mass is 10.3. The van der Waals surface area contributed by atoms with E-state index in [1.807, 2.05) is 0 Å². The van der Waals surface area contributed by atoms with Gasteiger partial charge < -0.3 is 9.47 Å². The molecule has 2 aromatic rings. The molecule has 0 aliphatic carbocycles. The summed E-state index contributed by atoms with van der Waals surface area (Å²) in [7, 11) is 0. The monoisotopic (exact) mass is 321 g/mol. The molecule has 0 spiro atoms. The first-order valence-corrected chi connectivity index (χ1v) is 6.15. The van der Waals surface area contributed by atoms with Gasteiger partial charge in [-0.05, 0) is 30.3 Å². The van der Waals surface area contributed by atoms with Crippen LogP contribution < -0.4 is 9.47 Å². The van der Waals surface area contributed by atoms with Crippen LogP contribution in [0, 0.1) is 5.82 Å². The van der Waals surface area contributed by atoms with Gasteiger partial charge in [0.25, 0.3) is 0 Å². The molecule has 1 aromatic carbocycles. The summed E-state index contributed by atoms with van der Waals surface area (Å²) in [6.45, 7) is 0. The zero-order valence-corrected chi connectivity index (χ0v) is 11.1. The fourth-order valence-corrected chi connectivity index (χ4v) is 1.67. The Balaban J connectivity index is 2.14. The number of benzene rings is 1. The van der Waals surface area contributed by atoms with Crippen LogP contribution in [0.5, 0.6) is 17.4 Å². The van der Waals surface area contributed by atoms with Crippen LogP contribution >= 0.6 is 11.6 Å². The first-order chi connectivity index (χ1) is 9.87. The van der Waals surface area contributed by atoms with Gasteiger partial charge in [0.2, 0.25) is 5.88 Å². The van der Waals surface area contributed by atoms with E-state index >= 15 is 0 Å². The quantitative estimate of drug-likeness (QED) is 0.606. The number of alkyl halides is 4. The van der Waals surface area contributed by atoms with Crippen molar-refractivity contribution in [3.05, 3.63) is 47.9 Å². The van der Waals surface area contributed by atoms with Gasteiger partial charge in [0.05, 0.1) is 12.1 Å². The molecule has 0 N–H and O–H groups in total. The van der Waals surface area contributed by atoms with E-state index in [1.54, 1.807) is 0 Å². The van der Waals surface area contributed by atoms with E-state index in [4.69, 9.17) is 16.3 Å². The molecule has 0 radical (unpaired) electrons. The zero-order valence-electron chi connectivity index (χ0n) is 10.3. The zero-order chi connectivity index (χ0) is 15.5. The highest BCUT2D eigenvalue weighted by Gasteiger charge is 2.30. The molecule has 112 valence electrons. The van der Waals surface area contributed by atoms with Gasteiger partial charge in [0.1, 0.15) is 17.3 Å². The minimum Gasteiger partial charge on any atom is -0.439 e. The maximum absolute atomic E-state index is 13.0. The lowest BCUT2D eigenvalue weighted by Crippen LogP contribution is -2.16.